The monoisotopic (exact) mass is 324 g/mol. The van der Waals surface area contributed by atoms with Crippen LogP contribution in [0.5, 0.6) is 0 Å². The minimum absolute atomic E-state index is 0.142. The Balaban J connectivity index is 2.20. The van der Waals surface area contributed by atoms with Gasteiger partial charge in [0, 0.05) is 24.0 Å². The molecule has 2 aromatic heterocycles. The first-order valence-corrected chi connectivity index (χ1v) is 7.77. The van der Waals surface area contributed by atoms with Gasteiger partial charge in [-0.1, -0.05) is 25.4 Å². The fraction of sp³-hybridized carbons (Fsp3) is 0.429. The van der Waals surface area contributed by atoms with Crippen molar-refractivity contribution < 1.29 is 4.79 Å². The fourth-order valence-electron chi connectivity index (χ4n) is 1.77. The van der Waals surface area contributed by atoms with Gasteiger partial charge in [-0.05, 0) is 6.92 Å². The molecule has 0 atom stereocenters. The van der Waals surface area contributed by atoms with Gasteiger partial charge in [-0.2, -0.15) is 0 Å². The van der Waals surface area contributed by atoms with Gasteiger partial charge in [0.25, 0.3) is 5.91 Å². The SMILES string of the molecule is Cc1ncc(CN(C)C(=O)c2nc(C(C)C)ncc2Cl)s1. The molecule has 0 aliphatic heterocycles. The first kappa shape index (κ1) is 15.9. The van der Waals surface area contributed by atoms with Crippen LogP contribution in [0.3, 0.4) is 0 Å². The van der Waals surface area contributed by atoms with E-state index in [1.807, 2.05) is 20.8 Å². The summed E-state index contributed by atoms with van der Waals surface area (Å²) in [4.78, 5) is 27.7. The zero-order chi connectivity index (χ0) is 15.6. The third-order valence-corrected chi connectivity index (χ3v) is 4.06. The summed E-state index contributed by atoms with van der Waals surface area (Å²) in [7, 11) is 1.73. The number of hydrogen-bond donors (Lipinski definition) is 0. The number of amides is 1. The zero-order valence-corrected chi connectivity index (χ0v) is 14.0. The van der Waals surface area contributed by atoms with Gasteiger partial charge in [0.2, 0.25) is 0 Å². The number of thiazole rings is 1. The highest BCUT2D eigenvalue weighted by molar-refractivity contribution is 7.11. The lowest BCUT2D eigenvalue weighted by atomic mass is 10.2. The van der Waals surface area contributed by atoms with E-state index in [1.54, 1.807) is 29.5 Å². The molecule has 1 amide bonds. The topological polar surface area (TPSA) is 59.0 Å². The summed E-state index contributed by atoms with van der Waals surface area (Å²) < 4.78 is 0. The van der Waals surface area contributed by atoms with E-state index < -0.39 is 0 Å². The molecule has 0 aliphatic carbocycles. The summed E-state index contributed by atoms with van der Waals surface area (Å²) in [6.07, 6.45) is 3.27. The van der Waals surface area contributed by atoms with Crippen molar-refractivity contribution in [3.05, 3.63) is 38.8 Å². The molecule has 0 spiro atoms. The molecule has 2 heterocycles. The maximum Gasteiger partial charge on any atom is 0.274 e. The lowest BCUT2D eigenvalue weighted by molar-refractivity contribution is 0.0780. The third-order valence-electron chi connectivity index (χ3n) is 2.89. The summed E-state index contributed by atoms with van der Waals surface area (Å²) in [5.41, 5.74) is 0.249. The Morgan fingerprint density at radius 1 is 1.38 bits per heavy atom. The van der Waals surface area contributed by atoms with Crippen molar-refractivity contribution >= 4 is 28.8 Å². The normalized spacial score (nSPS) is 11.0. The number of carbonyl (C=O) groups excluding carboxylic acids is 1. The number of aryl methyl sites for hydroxylation is 1. The van der Waals surface area contributed by atoms with Gasteiger partial charge >= 0.3 is 0 Å². The van der Waals surface area contributed by atoms with Crippen LogP contribution in [0.25, 0.3) is 0 Å². The lowest BCUT2D eigenvalue weighted by Gasteiger charge is -2.16. The smallest absolute Gasteiger partial charge is 0.274 e. The third kappa shape index (κ3) is 3.77. The Bertz CT molecular complexity index is 656. The first-order valence-electron chi connectivity index (χ1n) is 6.57. The van der Waals surface area contributed by atoms with Gasteiger partial charge in [0.05, 0.1) is 22.8 Å². The molecule has 0 radical (unpaired) electrons. The van der Waals surface area contributed by atoms with Crippen molar-refractivity contribution in [1.82, 2.24) is 19.9 Å². The van der Waals surface area contributed by atoms with E-state index in [0.717, 1.165) is 9.88 Å². The minimum Gasteiger partial charge on any atom is -0.335 e. The van der Waals surface area contributed by atoms with Crippen LogP contribution >= 0.6 is 22.9 Å². The number of nitrogens with zero attached hydrogens (tertiary/aromatic N) is 4. The molecule has 0 aliphatic rings. The Hall–Kier alpha value is -1.53. The van der Waals surface area contributed by atoms with E-state index in [9.17, 15) is 4.79 Å². The van der Waals surface area contributed by atoms with Gasteiger partial charge in [-0.15, -0.1) is 11.3 Å². The highest BCUT2D eigenvalue weighted by Gasteiger charge is 2.19. The van der Waals surface area contributed by atoms with E-state index in [1.165, 1.54) is 6.20 Å². The van der Waals surface area contributed by atoms with E-state index in [0.29, 0.717) is 12.4 Å². The molecule has 0 unspecified atom stereocenters. The molecule has 0 saturated carbocycles. The van der Waals surface area contributed by atoms with Crippen LogP contribution in [-0.4, -0.2) is 32.8 Å². The number of halogens is 1. The molecular weight excluding hydrogens is 308 g/mol. The Morgan fingerprint density at radius 2 is 2.10 bits per heavy atom. The van der Waals surface area contributed by atoms with Gasteiger partial charge in [0.15, 0.2) is 5.69 Å². The molecule has 21 heavy (non-hydrogen) atoms. The van der Waals surface area contributed by atoms with Crippen molar-refractivity contribution in [2.24, 2.45) is 0 Å². The maximum atomic E-state index is 12.5. The molecule has 2 aromatic rings. The van der Waals surface area contributed by atoms with Gasteiger partial charge in [0.1, 0.15) is 5.82 Å². The van der Waals surface area contributed by atoms with Crippen LogP contribution in [0.1, 0.15) is 46.0 Å². The van der Waals surface area contributed by atoms with Crippen molar-refractivity contribution in [2.75, 3.05) is 7.05 Å². The molecule has 0 aromatic carbocycles. The Labute approximate surface area is 133 Å². The molecule has 0 N–H and O–H groups in total. The van der Waals surface area contributed by atoms with Gasteiger partial charge in [-0.3, -0.25) is 4.79 Å². The average Bonchev–Trinajstić information content (AvgIpc) is 2.83. The maximum absolute atomic E-state index is 12.5. The quantitative estimate of drug-likeness (QED) is 0.866. The molecular formula is C14H17ClN4OS. The number of hydrogen-bond acceptors (Lipinski definition) is 5. The Morgan fingerprint density at radius 3 is 2.67 bits per heavy atom. The molecule has 112 valence electrons. The van der Waals surface area contributed by atoms with Crippen molar-refractivity contribution in [3.8, 4) is 0 Å². The highest BCUT2D eigenvalue weighted by Crippen LogP contribution is 2.19. The molecule has 0 bridgehead atoms. The largest absolute Gasteiger partial charge is 0.335 e. The molecule has 5 nitrogen and oxygen atoms in total. The van der Waals surface area contributed by atoms with Crippen LogP contribution in [-0.2, 0) is 6.54 Å². The van der Waals surface area contributed by atoms with Crippen LogP contribution in [0.2, 0.25) is 5.02 Å². The van der Waals surface area contributed by atoms with Crippen LogP contribution in [0, 0.1) is 6.92 Å². The van der Waals surface area contributed by atoms with E-state index in [-0.39, 0.29) is 22.5 Å². The summed E-state index contributed by atoms with van der Waals surface area (Å²) >= 11 is 7.63. The molecule has 0 fully saturated rings. The second kappa shape index (κ2) is 6.49. The summed E-state index contributed by atoms with van der Waals surface area (Å²) in [5, 5.41) is 1.25. The molecule has 0 saturated heterocycles. The second-order valence-electron chi connectivity index (χ2n) is 5.09. The number of carbonyl (C=O) groups is 1. The first-order chi connectivity index (χ1) is 9.88. The van der Waals surface area contributed by atoms with E-state index in [4.69, 9.17) is 11.6 Å². The second-order valence-corrected chi connectivity index (χ2v) is 6.81. The number of rotatable bonds is 4. The predicted octanol–water partition coefficient (Wildman–Crippen LogP) is 3.29. The summed E-state index contributed by atoms with van der Waals surface area (Å²) in [6.45, 7) is 6.37. The van der Waals surface area contributed by atoms with E-state index >= 15 is 0 Å². The van der Waals surface area contributed by atoms with Gasteiger partial charge in [-0.25, -0.2) is 15.0 Å². The predicted molar refractivity (Wildman–Crippen MR) is 83.8 cm³/mol. The molecule has 2 rings (SSSR count). The minimum atomic E-state index is -0.213. The highest BCUT2D eigenvalue weighted by atomic mass is 35.5. The zero-order valence-electron chi connectivity index (χ0n) is 12.4. The van der Waals surface area contributed by atoms with Gasteiger partial charge < -0.3 is 4.90 Å². The van der Waals surface area contributed by atoms with Crippen molar-refractivity contribution in [2.45, 2.75) is 33.2 Å². The van der Waals surface area contributed by atoms with Crippen molar-refractivity contribution in [1.29, 1.82) is 0 Å². The van der Waals surface area contributed by atoms with Crippen molar-refractivity contribution in [3.63, 3.8) is 0 Å². The van der Waals surface area contributed by atoms with Crippen LogP contribution < -0.4 is 0 Å². The van der Waals surface area contributed by atoms with E-state index in [2.05, 4.69) is 15.0 Å². The average molecular weight is 325 g/mol. The fourth-order valence-corrected chi connectivity index (χ4v) is 2.79. The van der Waals surface area contributed by atoms with Crippen LogP contribution in [0.4, 0.5) is 0 Å². The summed E-state index contributed by atoms with van der Waals surface area (Å²) in [5.74, 6) is 0.545. The molecule has 7 heteroatoms. The summed E-state index contributed by atoms with van der Waals surface area (Å²) in [6, 6.07) is 0. The standard InChI is InChI=1S/C14H17ClN4OS/c1-8(2)13-17-6-11(15)12(18-13)14(20)19(4)7-10-5-16-9(3)21-10/h5-6,8H,7H2,1-4H3. The lowest BCUT2D eigenvalue weighted by Crippen LogP contribution is -2.27. The van der Waals surface area contributed by atoms with Crippen LogP contribution in [0.15, 0.2) is 12.4 Å². The Kier molecular flexibility index (Phi) is 4.90. The number of aromatic nitrogens is 3.